The molecule has 4 nitrogen and oxygen atoms in total. The molecule has 0 N–H and O–H groups in total. The molecule has 0 aliphatic rings. The standard InChI is InChI=1S/C24H27ClN2O2S/c1-16(2)12-27(24(28)19-6-8-20(25)9-7-19)13-21-15-30-23(26-21)14-29-22-10-5-17(3)18(4)11-22/h5-11,15-16H,12-14H2,1-4H3. The van der Waals surface area contributed by atoms with Gasteiger partial charge in [-0.25, -0.2) is 4.98 Å². The van der Waals surface area contributed by atoms with Crippen LogP contribution in [-0.4, -0.2) is 22.3 Å². The van der Waals surface area contributed by atoms with Gasteiger partial charge in [0, 0.05) is 22.5 Å². The van der Waals surface area contributed by atoms with E-state index in [2.05, 4.69) is 38.7 Å². The predicted molar refractivity (Wildman–Crippen MR) is 123 cm³/mol. The molecule has 0 saturated carbocycles. The molecule has 30 heavy (non-hydrogen) atoms. The van der Waals surface area contributed by atoms with Gasteiger partial charge in [0.1, 0.15) is 17.4 Å². The van der Waals surface area contributed by atoms with Gasteiger partial charge in [-0.3, -0.25) is 4.79 Å². The van der Waals surface area contributed by atoms with E-state index in [9.17, 15) is 4.79 Å². The molecule has 3 rings (SSSR count). The van der Waals surface area contributed by atoms with Gasteiger partial charge in [0.05, 0.1) is 12.2 Å². The van der Waals surface area contributed by atoms with E-state index < -0.39 is 0 Å². The van der Waals surface area contributed by atoms with Crippen molar-refractivity contribution in [2.75, 3.05) is 6.54 Å². The summed E-state index contributed by atoms with van der Waals surface area (Å²) in [6.07, 6.45) is 0. The summed E-state index contributed by atoms with van der Waals surface area (Å²) in [6, 6.07) is 13.1. The quantitative estimate of drug-likeness (QED) is 0.411. The third-order valence-corrected chi connectivity index (χ3v) is 5.88. The van der Waals surface area contributed by atoms with E-state index in [0.29, 0.717) is 36.2 Å². The van der Waals surface area contributed by atoms with Crippen LogP contribution in [0.1, 0.15) is 46.0 Å². The number of hydrogen-bond donors (Lipinski definition) is 0. The molecular formula is C24H27ClN2O2S. The van der Waals surface area contributed by atoms with E-state index in [1.165, 1.54) is 11.1 Å². The van der Waals surface area contributed by atoms with Crippen molar-refractivity contribution < 1.29 is 9.53 Å². The molecule has 0 spiro atoms. The summed E-state index contributed by atoms with van der Waals surface area (Å²) in [4.78, 5) is 19.5. The molecule has 1 heterocycles. The van der Waals surface area contributed by atoms with Gasteiger partial charge < -0.3 is 9.64 Å². The predicted octanol–water partition coefficient (Wildman–Crippen LogP) is 6.29. The summed E-state index contributed by atoms with van der Waals surface area (Å²) in [6.45, 7) is 9.92. The lowest BCUT2D eigenvalue weighted by atomic mass is 10.1. The van der Waals surface area contributed by atoms with Crippen LogP contribution < -0.4 is 4.74 Å². The van der Waals surface area contributed by atoms with Crippen molar-refractivity contribution in [3.05, 3.63) is 80.3 Å². The van der Waals surface area contributed by atoms with Crippen LogP contribution in [-0.2, 0) is 13.2 Å². The molecule has 2 aromatic carbocycles. The van der Waals surface area contributed by atoms with Crippen LogP contribution in [0.4, 0.5) is 0 Å². The van der Waals surface area contributed by atoms with Crippen molar-refractivity contribution in [2.24, 2.45) is 5.92 Å². The summed E-state index contributed by atoms with van der Waals surface area (Å²) in [5.74, 6) is 1.18. The van der Waals surface area contributed by atoms with E-state index in [1.54, 1.807) is 35.6 Å². The number of nitrogens with zero attached hydrogens (tertiary/aromatic N) is 2. The molecule has 1 aromatic heterocycles. The molecule has 3 aromatic rings. The van der Waals surface area contributed by atoms with Gasteiger partial charge in [-0.2, -0.15) is 0 Å². The molecule has 0 unspecified atom stereocenters. The van der Waals surface area contributed by atoms with Crippen LogP contribution in [0, 0.1) is 19.8 Å². The molecule has 0 aliphatic carbocycles. The van der Waals surface area contributed by atoms with Gasteiger partial charge in [0.15, 0.2) is 0 Å². The number of aryl methyl sites for hydroxylation is 2. The first-order chi connectivity index (χ1) is 14.3. The van der Waals surface area contributed by atoms with E-state index in [-0.39, 0.29) is 5.91 Å². The maximum absolute atomic E-state index is 13.0. The van der Waals surface area contributed by atoms with Crippen molar-refractivity contribution in [2.45, 2.75) is 40.8 Å². The molecule has 0 bridgehead atoms. The molecule has 0 atom stereocenters. The maximum Gasteiger partial charge on any atom is 0.254 e. The Hall–Kier alpha value is -2.37. The number of rotatable bonds is 8. The molecule has 0 saturated heterocycles. The van der Waals surface area contributed by atoms with Crippen molar-refractivity contribution in [1.82, 2.24) is 9.88 Å². The van der Waals surface area contributed by atoms with Crippen LogP contribution in [0.15, 0.2) is 47.8 Å². The van der Waals surface area contributed by atoms with E-state index in [0.717, 1.165) is 16.5 Å². The van der Waals surface area contributed by atoms with Crippen molar-refractivity contribution in [1.29, 1.82) is 0 Å². The smallest absolute Gasteiger partial charge is 0.254 e. The Morgan fingerprint density at radius 3 is 2.53 bits per heavy atom. The maximum atomic E-state index is 13.0. The molecule has 0 fully saturated rings. The third kappa shape index (κ3) is 6.07. The number of aromatic nitrogens is 1. The fourth-order valence-electron chi connectivity index (χ4n) is 3.07. The van der Waals surface area contributed by atoms with Crippen LogP contribution in [0.3, 0.4) is 0 Å². The van der Waals surface area contributed by atoms with Gasteiger partial charge in [-0.15, -0.1) is 11.3 Å². The Kier molecular flexibility index (Phi) is 7.51. The first kappa shape index (κ1) is 22.3. The zero-order valence-corrected chi connectivity index (χ0v) is 19.4. The van der Waals surface area contributed by atoms with Gasteiger partial charge in [-0.05, 0) is 67.3 Å². The first-order valence-corrected chi connectivity index (χ1v) is 11.3. The monoisotopic (exact) mass is 442 g/mol. The topological polar surface area (TPSA) is 42.4 Å². The van der Waals surface area contributed by atoms with Gasteiger partial charge >= 0.3 is 0 Å². The van der Waals surface area contributed by atoms with Crippen LogP contribution in [0.2, 0.25) is 5.02 Å². The summed E-state index contributed by atoms with van der Waals surface area (Å²) in [7, 11) is 0. The Morgan fingerprint density at radius 1 is 1.13 bits per heavy atom. The molecular weight excluding hydrogens is 416 g/mol. The van der Waals surface area contributed by atoms with Gasteiger partial charge in [0.25, 0.3) is 5.91 Å². The third-order valence-electron chi connectivity index (χ3n) is 4.76. The average molecular weight is 443 g/mol. The second-order valence-electron chi connectivity index (χ2n) is 7.85. The minimum atomic E-state index is -0.0127. The minimum absolute atomic E-state index is 0.0127. The number of benzene rings is 2. The number of thiazole rings is 1. The van der Waals surface area contributed by atoms with Crippen LogP contribution in [0.25, 0.3) is 0 Å². The normalized spacial score (nSPS) is 11.0. The number of amides is 1. The minimum Gasteiger partial charge on any atom is -0.486 e. The van der Waals surface area contributed by atoms with E-state index in [4.69, 9.17) is 16.3 Å². The summed E-state index contributed by atoms with van der Waals surface area (Å²) < 4.78 is 5.89. The highest BCUT2D eigenvalue weighted by atomic mass is 35.5. The number of ether oxygens (including phenoxy) is 1. The average Bonchev–Trinajstić information content (AvgIpc) is 3.15. The highest BCUT2D eigenvalue weighted by molar-refractivity contribution is 7.09. The Balaban J connectivity index is 1.66. The van der Waals surface area contributed by atoms with Gasteiger partial charge in [0.2, 0.25) is 0 Å². The highest BCUT2D eigenvalue weighted by Gasteiger charge is 2.19. The first-order valence-electron chi connectivity index (χ1n) is 10.00. The molecule has 0 aliphatic heterocycles. The molecule has 0 radical (unpaired) electrons. The summed E-state index contributed by atoms with van der Waals surface area (Å²) in [5.41, 5.74) is 3.96. The SMILES string of the molecule is Cc1ccc(OCc2nc(CN(CC(C)C)C(=O)c3ccc(Cl)cc3)cs2)cc1C. The molecule has 1 amide bonds. The number of carbonyl (C=O) groups is 1. The molecule has 158 valence electrons. The second kappa shape index (κ2) is 10.1. The van der Waals surface area contributed by atoms with Crippen molar-refractivity contribution >= 4 is 28.8 Å². The lowest BCUT2D eigenvalue weighted by molar-refractivity contribution is 0.0720. The fourth-order valence-corrected chi connectivity index (χ4v) is 3.89. The van der Waals surface area contributed by atoms with Crippen molar-refractivity contribution in [3.63, 3.8) is 0 Å². The lowest BCUT2D eigenvalue weighted by Gasteiger charge is -2.24. The van der Waals surface area contributed by atoms with Crippen LogP contribution in [0.5, 0.6) is 5.75 Å². The Bertz CT molecular complexity index is 999. The Labute approximate surface area is 187 Å². The number of hydrogen-bond acceptors (Lipinski definition) is 4. The Morgan fingerprint density at radius 2 is 1.87 bits per heavy atom. The zero-order chi connectivity index (χ0) is 21.7. The second-order valence-corrected chi connectivity index (χ2v) is 9.23. The number of carbonyl (C=O) groups excluding carboxylic acids is 1. The van der Waals surface area contributed by atoms with Gasteiger partial charge in [-0.1, -0.05) is 31.5 Å². The largest absolute Gasteiger partial charge is 0.486 e. The number of halogens is 1. The summed E-state index contributed by atoms with van der Waals surface area (Å²) >= 11 is 7.51. The molecule has 6 heteroatoms. The summed E-state index contributed by atoms with van der Waals surface area (Å²) in [5, 5.41) is 3.52. The lowest BCUT2D eigenvalue weighted by Crippen LogP contribution is -2.33. The van der Waals surface area contributed by atoms with E-state index in [1.807, 2.05) is 22.4 Å². The fraction of sp³-hybridized carbons (Fsp3) is 0.333. The van der Waals surface area contributed by atoms with Crippen LogP contribution >= 0.6 is 22.9 Å². The zero-order valence-electron chi connectivity index (χ0n) is 17.8. The highest BCUT2D eigenvalue weighted by Crippen LogP contribution is 2.20. The van der Waals surface area contributed by atoms with Crippen molar-refractivity contribution in [3.8, 4) is 5.75 Å². The van der Waals surface area contributed by atoms with E-state index >= 15 is 0 Å².